The van der Waals surface area contributed by atoms with Crippen LogP contribution >= 0.6 is 0 Å². The third kappa shape index (κ3) is 0.653. The van der Waals surface area contributed by atoms with Gasteiger partial charge in [-0.2, -0.15) is 0 Å². The van der Waals surface area contributed by atoms with Crippen molar-refractivity contribution < 1.29 is 0 Å². The van der Waals surface area contributed by atoms with E-state index in [1.54, 1.807) is 0 Å². The molecule has 0 spiro atoms. The molecule has 9 heavy (non-hydrogen) atoms. The molecule has 43 valence electrons. The first-order valence-electron chi connectivity index (χ1n) is 2.99. The van der Waals surface area contributed by atoms with Crippen molar-refractivity contribution in [3.8, 4) is 0 Å². The van der Waals surface area contributed by atoms with E-state index in [9.17, 15) is 0 Å². The summed E-state index contributed by atoms with van der Waals surface area (Å²) in [5.41, 5.74) is 2.30. The molecule has 1 aliphatic heterocycles. The summed E-state index contributed by atoms with van der Waals surface area (Å²) in [5, 5.41) is 0. The van der Waals surface area contributed by atoms with Crippen molar-refractivity contribution in [1.29, 1.82) is 0 Å². The molecule has 1 aromatic carbocycles. The van der Waals surface area contributed by atoms with Gasteiger partial charge >= 0.3 is 0 Å². The van der Waals surface area contributed by atoms with Crippen molar-refractivity contribution in [2.24, 2.45) is 4.99 Å². The first-order valence-corrected chi connectivity index (χ1v) is 2.99. The highest BCUT2D eigenvalue weighted by atomic mass is 14.7. The first kappa shape index (κ1) is 4.74. The molecule has 0 fully saturated rings. The van der Waals surface area contributed by atoms with Gasteiger partial charge in [0.25, 0.3) is 0 Å². The summed E-state index contributed by atoms with van der Waals surface area (Å²) in [4.78, 5) is 4.14. The van der Waals surface area contributed by atoms with Crippen LogP contribution < -0.4 is 0 Å². The van der Waals surface area contributed by atoms with Crippen LogP contribution in [0.25, 0.3) is 0 Å². The Morgan fingerprint density at radius 3 is 3.44 bits per heavy atom. The quantitative estimate of drug-likeness (QED) is 0.489. The number of rotatable bonds is 0. The molecule has 0 aliphatic carbocycles. The molecule has 1 radical (unpaired) electrons. The van der Waals surface area contributed by atoms with Crippen molar-refractivity contribution in [3.05, 3.63) is 29.8 Å². The van der Waals surface area contributed by atoms with Crippen LogP contribution in [0.4, 0.5) is 5.69 Å². The molecule has 0 aromatic heterocycles. The Morgan fingerprint density at radius 1 is 1.56 bits per heavy atom. The Labute approximate surface area is 54.1 Å². The van der Waals surface area contributed by atoms with Crippen LogP contribution in [-0.2, 0) is 6.42 Å². The Morgan fingerprint density at radius 2 is 2.56 bits per heavy atom. The van der Waals surface area contributed by atoms with Gasteiger partial charge in [0.2, 0.25) is 0 Å². The van der Waals surface area contributed by atoms with E-state index in [1.807, 2.05) is 24.4 Å². The first-order chi connectivity index (χ1) is 4.47. The van der Waals surface area contributed by atoms with Gasteiger partial charge in [0.05, 0.1) is 5.69 Å². The summed E-state index contributed by atoms with van der Waals surface area (Å²) in [5.74, 6) is 0. The van der Waals surface area contributed by atoms with Gasteiger partial charge in [-0.3, -0.25) is 4.99 Å². The number of aliphatic imine (C=N–C) groups is 1. The molecule has 0 N–H and O–H groups in total. The Kier molecular flexibility index (Phi) is 0.890. The highest BCUT2D eigenvalue weighted by Crippen LogP contribution is 2.21. The maximum atomic E-state index is 4.14. The molecule has 0 unspecified atom stereocenters. The molecular formula is C8H6N. The number of nitrogens with zero attached hydrogens (tertiary/aromatic N) is 1. The van der Waals surface area contributed by atoms with Crippen LogP contribution in [-0.4, -0.2) is 6.21 Å². The summed E-state index contributed by atoms with van der Waals surface area (Å²) in [6.45, 7) is 0. The topological polar surface area (TPSA) is 12.4 Å². The van der Waals surface area contributed by atoms with E-state index in [1.165, 1.54) is 5.56 Å². The summed E-state index contributed by atoms with van der Waals surface area (Å²) < 4.78 is 0. The Balaban J connectivity index is 2.63. The lowest BCUT2D eigenvalue weighted by Crippen LogP contribution is -1.75. The van der Waals surface area contributed by atoms with Crippen LogP contribution in [0.1, 0.15) is 5.56 Å². The number of hydrogen-bond donors (Lipinski definition) is 0. The fourth-order valence-corrected chi connectivity index (χ4v) is 0.982. The molecule has 0 saturated heterocycles. The smallest absolute Gasteiger partial charge is 0.0667 e. The van der Waals surface area contributed by atoms with Gasteiger partial charge in [0, 0.05) is 12.6 Å². The van der Waals surface area contributed by atoms with Crippen LogP contribution in [0, 0.1) is 6.07 Å². The molecule has 0 atom stereocenters. The number of hydrogen-bond acceptors (Lipinski definition) is 1. The summed E-state index contributed by atoms with van der Waals surface area (Å²) >= 11 is 0. The summed E-state index contributed by atoms with van der Waals surface area (Å²) in [6.07, 6.45) is 2.87. The molecule has 0 bridgehead atoms. The van der Waals surface area contributed by atoms with E-state index in [0.717, 1.165) is 12.1 Å². The minimum atomic E-state index is 0.955. The predicted octanol–water partition coefficient (Wildman–Crippen LogP) is 1.75. The van der Waals surface area contributed by atoms with Crippen LogP contribution in [0.5, 0.6) is 0 Å². The fourth-order valence-electron chi connectivity index (χ4n) is 0.982. The minimum absolute atomic E-state index is 0.955. The third-order valence-corrected chi connectivity index (χ3v) is 1.44. The van der Waals surface area contributed by atoms with Crippen molar-refractivity contribution in [1.82, 2.24) is 0 Å². The van der Waals surface area contributed by atoms with Gasteiger partial charge in [0.15, 0.2) is 0 Å². The van der Waals surface area contributed by atoms with Gasteiger partial charge in [-0.15, -0.1) is 0 Å². The van der Waals surface area contributed by atoms with Gasteiger partial charge in [-0.25, -0.2) is 0 Å². The lowest BCUT2D eigenvalue weighted by molar-refractivity contribution is 1.40. The minimum Gasteiger partial charge on any atom is -0.261 e. The second kappa shape index (κ2) is 1.69. The van der Waals surface area contributed by atoms with E-state index >= 15 is 0 Å². The van der Waals surface area contributed by atoms with Gasteiger partial charge in [-0.05, 0) is 17.7 Å². The van der Waals surface area contributed by atoms with Crippen molar-refractivity contribution in [2.75, 3.05) is 0 Å². The zero-order chi connectivity index (χ0) is 6.10. The Hall–Kier alpha value is -1.11. The van der Waals surface area contributed by atoms with Crippen molar-refractivity contribution in [2.45, 2.75) is 6.42 Å². The van der Waals surface area contributed by atoms with E-state index in [4.69, 9.17) is 0 Å². The average molecular weight is 116 g/mol. The van der Waals surface area contributed by atoms with E-state index < -0.39 is 0 Å². The molecule has 2 rings (SSSR count). The molecule has 1 heteroatoms. The predicted molar refractivity (Wildman–Crippen MR) is 37.1 cm³/mol. The Bertz CT molecular complexity index is 250. The van der Waals surface area contributed by atoms with Gasteiger partial charge in [-0.1, -0.05) is 12.1 Å². The summed E-state index contributed by atoms with van der Waals surface area (Å²) in [6, 6.07) is 9.02. The van der Waals surface area contributed by atoms with Crippen molar-refractivity contribution in [3.63, 3.8) is 0 Å². The summed E-state index contributed by atoms with van der Waals surface area (Å²) in [7, 11) is 0. The molecule has 1 heterocycles. The standard InChI is InChI=1S/C8H6N/c1-2-4-8-7(3-1)5-6-9-8/h1-2,4,6H,5H2. The largest absolute Gasteiger partial charge is 0.261 e. The maximum absolute atomic E-state index is 4.14. The lowest BCUT2D eigenvalue weighted by Gasteiger charge is -1.90. The van der Waals surface area contributed by atoms with Crippen LogP contribution in [0.2, 0.25) is 0 Å². The van der Waals surface area contributed by atoms with Gasteiger partial charge in [0.1, 0.15) is 0 Å². The monoisotopic (exact) mass is 116 g/mol. The lowest BCUT2D eigenvalue weighted by atomic mass is 10.2. The normalized spacial score (nSPS) is 13.8. The molecule has 1 aromatic rings. The highest BCUT2D eigenvalue weighted by molar-refractivity contribution is 5.75. The van der Waals surface area contributed by atoms with Crippen LogP contribution in [0.3, 0.4) is 0 Å². The highest BCUT2D eigenvalue weighted by Gasteiger charge is 2.02. The fraction of sp³-hybridized carbons (Fsp3) is 0.125. The third-order valence-electron chi connectivity index (χ3n) is 1.44. The number of fused-ring (bicyclic) bond motifs is 1. The molecule has 1 nitrogen and oxygen atoms in total. The maximum Gasteiger partial charge on any atom is 0.0667 e. The van der Waals surface area contributed by atoms with E-state index in [0.29, 0.717) is 0 Å². The van der Waals surface area contributed by atoms with E-state index in [2.05, 4.69) is 11.1 Å². The van der Waals surface area contributed by atoms with Gasteiger partial charge < -0.3 is 0 Å². The van der Waals surface area contributed by atoms with Crippen molar-refractivity contribution >= 4 is 11.9 Å². The molecular weight excluding hydrogens is 110 g/mol. The number of benzene rings is 1. The average Bonchev–Trinajstić information content (AvgIpc) is 2.33. The van der Waals surface area contributed by atoms with Crippen LogP contribution in [0.15, 0.2) is 23.2 Å². The SMILES string of the molecule is [c]1cccc2c1CC=N2. The second-order valence-electron chi connectivity index (χ2n) is 2.05. The molecule has 0 amide bonds. The van der Waals surface area contributed by atoms with E-state index in [-0.39, 0.29) is 0 Å². The second-order valence-corrected chi connectivity index (χ2v) is 2.05. The molecule has 1 aliphatic rings. The molecule has 0 saturated carbocycles. The zero-order valence-electron chi connectivity index (χ0n) is 4.96. The zero-order valence-corrected chi connectivity index (χ0v) is 4.96.